The van der Waals surface area contributed by atoms with Crippen LogP contribution in [0.25, 0.3) is 0 Å². The molecule has 2 amide bonds. The highest BCUT2D eigenvalue weighted by Gasteiger charge is 2.35. The monoisotopic (exact) mass is 348 g/mol. The molecule has 1 aromatic carbocycles. The van der Waals surface area contributed by atoms with E-state index in [0.717, 1.165) is 18.4 Å². The number of hydrogen-bond acceptors (Lipinski definition) is 3. The highest BCUT2D eigenvalue weighted by Crippen LogP contribution is 2.29. The van der Waals surface area contributed by atoms with Gasteiger partial charge < -0.3 is 20.1 Å². The Morgan fingerprint density at radius 1 is 1.36 bits per heavy atom. The zero-order valence-corrected chi connectivity index (χ0v) is 15.7. The summed E-state index contributed by atoms with van der Waals surface area (Å²) in [5, 5.41) is 12.3. The summed E-state index contributed by atoms with van der Waals surface area (Å²) < 4.78 is 5.99. The van der Waals surface area contributed by atoms with E-state index in [-0.39, 0.29) is 12.6 Å². The first kappa shape index (κ1) is 19.7. The van der Waals surface area contributed by atoms with Crippen LogP contribution in [0.2, 0.25) is 0 Å². The molecule has 1 saturated heterocycles. The van der Waals surface area contributed by atoms with Gasteiger partial charge in [0.1, 0.15) is 5.60 Å². The van der Waals surface area contributed by atoms with Crippen LogP contribution in [-0.2, 0) is 10.3 Å². The van der Waals surface area contributed by atoms with Gasteiger partial charge in [-0.1, -0.05) is 44.2 Å². The van der Waals surface area contributed by atoms with Crippen molar-refractivity contribution in [3.05, 3.63) is 35.9 Å². The molecule has 5 heteroatoms. The number of rotatable bonds is 7. The molecule has 0 aromatic heterocycles. The molecule has 0 radical (unpaired) electrons. The Balaban J connectivity index is 1.93. The fourth-order valence-corrected chi connectivity index (χ4v) is 3.50. The van der Waals surface area contributed by atoms with Gasteiger partial charge >= 0.3 is 6.03 Å². The van der Waals surface area contributed by atoms with Crippen LogP contribution in [0, 0.1) is 11.8 Å². The van der Waals surface area contributed by atoms with Crippen LogP contribution in [0.15, 0.2) is 30.3 Å². The van der Waals surface area contributed by atoms with Gasteiger partial charge in [-0.15, -0.1) is 0 Å². The number of nitrogens with one attached hydrogen (secondary N) is 1. The first-order valence-corrected chi connectivity index (χ1v) is 9.27. The number of aliphatic hydroxyl groups is 1. The maximum atomic E-state index is 12.6. The van der Waals surface area contributed by atoms with Crippen LogP contribution in [-0.4, -0.2) is 48.9 Å². The molecule has 0 saturated carbocycles. The Bertz CT molecular complexity index is 535. The number of urea groups is 1. The molecule has 2 rings (SSSR count). The van der Waals surface area contributed by atoms with E-state index in [1.54, 1.807) is 0 Å². The van der Waals surface area contributed by atoms with Crippen molar-refractivity contribution in [3.63, 3.8) is 0 Å². The SMILES string of the molecule is CC(C)CC(CCO)CNC(=O)N1CCOC(C)(c2ccccc2)C1. The average Bonchev–Trinajstić information content (AvgIpc) is 2.60. The number of nitrogens with zero attached hydrogens (tertiary/aromatic N) is 1. The van der Waals surface area contributed by atoms with Gasteiger partial charge in [-0.25, -0.2) is 4.79 Å². The second-order valence-electron chi connectivity index (χ2n) is 7.56. The average molecular weight is 348 g/mol. The molecule has 0 bridgehead atoms. The number of ether oxygens (including phenoxy) is 1. The fourth-order valence-electron chi connectivity index (χ4n) is 3.50. The Kier molecular flexibility index (Phi) is 7.26. The molecule has 0 spiro atoms. The number of amides is 2. The third-order valence-corrected chi connectivity index (χ3v) is 4.83. The fraction of sp³-hybridized carbons (Fsp3) is 0.650. The number of aliphatic hydroxyl groups excluding tert-OH is 1. The van der Waals surface area contributed by atoms with Gasteiger partial charge in [-0.2, -0.15) is 0 Å². The lowest BCUT2D eigenvalue weighted by molar-refractivity contribution is -0.0907. The summed E-state index contributed by atoms with van der Waals surface area (Å²) in [6, 6.07) is 10.0. The van der Waals surface area contributed by atoms with Gasteiger partial charge in [0, 0.05) is 19.7 Å². The second-order valence-corrected chi connectivity index (χ2v) is 7.56. The normalized spacial score (nSPS) is 22.0. The molecule has 0 aliphatic carbocycles. The van der Waals surface area contributed by atoms with Crippen molar-refractivity contribution in [1.82, 2.24) is 10.2 Å². The number of benzene rings is 1. The molecule has 2 unspecified atom stereocenters. The minimum atomic E-state index is -0.473. The summed E-state index contributed by atoms with van der Waals surface area (Å²) in [4.78, 5) is 14.4. The Morgan fingerprint density at radius 3 is 2.72 bits per heavy atom. The summed E-state index contributed by atoms with van der Waals surface area (Å²) in [5.74, 6) is 0.869. The lowest BCUT2D eigenvalue weighted by Gasteiger charge is -2.41. The Hall–Kier alpha value is -1.59. The lowest BCUT2D eigenvalue weighted by Crippen LogP contribution is -2.53. The van der Waals surface area contributed by atoms with Gasteiger partial charge in [0.15, 0.2) is 0 Å². The lowest BCUT2D eigenvalue weighted by atomic mass is 9.93. The van der Waals surface area contributed by atoms with Crippen molar-refractivity contribution in [3.8, 4) is 0 Å². The molecular weight excluding hydrogens is 316 g/mol. The van der Waals surface area contributed by atoms with Crippen molar-refractivity contribution in [2.24, 2.45) is 11.8 Å². The van der Waals surface area contributed by atoms with E-state index in [1.165, 1.54) is 0 Å². The first-order valence-electron chi connectivity index (χ1n) is 9.27. The number of hydrogen-bond donors (Lipinski definition) is 2. The summed E-state index contributed by atoms with van der Waals surface area (Å²) in [6.45, 7) is 8.81. The number of morpholine rings is 1. The zero-order chi connectivity index (χ0) is 18.3. The van der Waals surface area contributed by atoms with Gasteiger partial charge in [-0.05, 0) is 37.2 Å². The molecule has 25 heavy (non-hydrogen) atoms. The minimum Gasteiger partial charge on any atom is -0.396 e. The maximum absolute atomic E-state index is 12.6. The predicted octanol–water partition coefficient (Wildman–Crippen LogP) is 2.99. The van der Waals surface area contributed by atoms with Crippen LogP contribution in [0.3, 0.4) is 0 Å². The maximum Gasteiger partial charge on any atom is 0.317 e. The van der Waals surface area contributed by atoms with Crippen molar-refractivity contribution in [1.29, 1.82) is 0 Å². The topological polar surface area (TPSA) is 61.8 Å². The van der Waals surface area contributed by atoms with E-state index in [4.69, 9.17) is 4.74 Å². The molecular formula is C20H32N2O3. The molecule has 1 fully saturated rings. The standard InChI is InChI=1S/C20H32N2O3/c1-16(2)13-17(9-11-23)14-21-19(24)22-10-12-25-20(3,15-22)18-7-5-4-6-8-18/h4-8,16-17,23H,9-15H2,1-3H3,(H,21,24). The van der Waals surface area contributed by atoms with Crippen LogP contribution in [0.4, 0.5) is 4.79 Å². The predicted molar refractivity (Wildman–Crippen MR) is 99.4 cm³/mol. The molecule has 1 aliphatic rings. The van der Waals surface area contributed by atoms with Gasteiger partial charge in [0.25, 0.3) is 0 Å². The molecule has 1 aliphatic heterocycles. The molecule has 5 nitrogen and oxygen atoms in total. The summed E-state index contributed by atoms with van der Waals surface area (Å²) in [5.41, 5.74) is 0.615. The van der Waals surface area contributed by atoms with E-state index >= 15 is 0 Å². The van der Waals surface area contributed by atoms with E-state index < -0.39 is 5.60 Å². The molecule has 1 heterocycles. The van der Waals surface area contributed by atoms with Crippen LogP contribution in [0.5, 0.6) is 0 Å². The van der Waals surface area contributed by atoms with Gasteiger partial charge in [-0.3, -0.25) is 0 Å². The molecule has 1 aromatic rings. The van der Waals surface area contributed by atoms with Gasteiger partial charge in [0.05, 0.1) is 13.2 Å². The summed E-state index contributed by atoms with van der Waals surface area (Å²) in [7, 11) is 0. The largest absolute Gasteiger partial charge is 0.396 e. The number of carbonyl (C=O) groups is 1. The third-order valence-electron chi connectivity index (χ3n) is 4.83. The Labute approximate surface area is 151 Å². The first-order chi connectivity index (χ1) is 11.9. The van der Waals surface area contributed by atoms with Crippen LogP contribution >= 0.6 is 0 Å². The van der Waals surface area contributed by atoms with Crippen molar-refractivity contribution >= 4 is 6.03 Å². The minimum absolute atomic E-state index is 0.0443. The van der Waals surface area contributed by atoms with E-state index in [9.17, 15) is 9.90 Å². The van der Waals surface area contributed by atoms with Crippen molar-refractivity contribution in [2.75, 3.05) is 32.8 Å². The third kappa shape index (κ3) is 5.72. The van der Waals surface area contributed by atoms with E-state index in [0.29, 0.717) is 38.1 Å². The zero-order valence-electron chi connectivity index (χ0n) is 15.7. The van der Waals surface area contributed by atoms with Crippen molar-refractivity contribution in [2.45, 2.75) is 39.2 Å². The highest BCUT2D eigenvalue weighted by atomic mass is 16.5. The summed E-state index contributed by atoms with van der Waals surface area (Å²) >= 11 is 0. The number of carbonyl (C=O) groups excluding carboxylic acids is 1. The van der Waals surface area contributed by atoms with E-state index in [1.807, 2.05) is 42.2 Å². The molecule has 140 valence electrons. The van der Waals surface area contributed by atoms with Crippen molar-refractivity contribution < 1.29 is 14.6 Å². The highest BCUT2D eigenvalue weighted by molar-refractivity contribution is 5.74. The summed E-state index contributed by atoms with van der Waals surface area (Å²) in [6.07, 6.45) is 1.73. The van der Waals surface area contributed by atoms with E-state index in [2.05, 4.69) is 19.2 Å². The van der Waals surface area contributed by atoms with Crippen LogP contribution < -0.4 is 5.32 Å². The quantitative estimate of drug-likeness (QED) is 0.796. The second kappa shape index (κ2) is 9.20. The van der Waals surface area contributed by atoms with Gasteiger partial charge in [0.2, 0.25) is 0 Å². The van der Waals surface area contributed by atoms with Crippen LogP contribution in [0.1, 0.15) is 39.2 Å². The smallest absolute Gasteiger partial charge is 0.317 e. The Morgan fingerprint density at radius 2 is 2.08 bits per heavy atom. The molecule has 2 N–H and O–H groups in total. The molecule has 2 atom stereocenters.